The molecule has 4 rings (SSSR count). The van der Waals surface area contributed by atoms with Gasteiger partial charge in [0.05, 0.1) is 23.3 Å². The summed E-state index contributed by atoms with van der Waals surface area (Å²) in [7, 11) is 0. The zero-order valence-electron chi connectivity index (χ0n) is 16.3. The summed E-state index contributed by atoms with van der Waals surface area (Å²) in [4.78, 5) is 37.4. The summed E-state index contributed by atoms with van der Waals surface area (Å²) in [6.07, 6.45) is 6.75. The molecule has 4 aromatic rings. The second-order valence-electron chi connectivity index (χ2n) is 6.56. The third-order valence-corrected chi connectivity index (χ3v) is 5.36. The summed E-state index contributed by atoms with van der Waals surface area (Å²) in [6.45, 7) is 2.04. The molecule has 3 heterocycles. The zero-order chi connectivity index (χ0) is 20.9. The molecule has 0 amide bonds. The first-order valence-corrected chi connectivity index (χ1v) is 10.4. The minimum absolute atomic E-state index is 0.0160. The van der Waals surface area contributed by atoms with Gasteiger partial charge in [0.1, 0.15) is 12.0 Å². The average Bonchev–Trinajstić information content (AvgIpc) is 3.42. The Hall–Kier alpha value is -3.58. The van der Waals surface area contributed by atoms with Crippen LogP contribution in [0.4, 0.5) is 0 Å². The van der Waals surface area contributed by atoms with Crippen LogP contribution in [-0.2, 0) is 16.0 Å². The first-order valence-electron chi connectivity index (χ1n) is 9.48. The van der Waals surface area contributed by atoms with Crippen molar-refractivity contribution in [1.29, 1.82) is 0 Å². The van der Waals surface area contributed by atoms with Gasteiger partial charge in [-0.25, -0.2) is 14.8 Å². The van der Waals surface area contributed by atoms with E-state index < -0.39 is 5.97 Å². The van der Waals surface area contributed by atoms with E-state index in [9.17, 15) is 9.59 Å². The number of thiophene rings is 1. The number of fused-ring (bicyclic) bond motifs is 1. The van der Waals surface area contributed by atoms with Crippen molar-refractivity contribution in [2.45, 2.75) is 13.3 Å². The van der Waals surface area contributed by atoms with Crippen molar-refractivity contribution in [3.8, 4) is 11.3 Å². The number of carbonyl (C=O) groups excluding carboxylic acids is 2. The maximum Gasteiger partial charge on any atom is 0.340 e. The van der Waals surface area contributed by atoms with Gasteiger partial charge in [-0.05, 0) is 42.2 Å². The number of benzene rings is 1. The van der Waals surface area contributed by atoms with Crippen molar-refractivity contribution in [2.75, 3.05) is 6.61 Å². The Balaban J connectivity index is 1.64. The highest BCUT2D eigenvalue weighted by Crippen LogP contribution is 2.29. The molecule has 0 saturated carbocycles. The Labute approximate surface area is 177 Å². The van der Waals surface area contributed by atoms with E-state index >= 15 is 0 Å². The summed E-state index contributed by atoms with van der Waals surface area (Å²) in [5.74, 6) is -0.410. The van der Waals surface area contributed by atoms with Crippen LogP contribution in [0.15, 0.2) is 60.4 Å². The van der Waals surface area contributed by atoms with Crippen LogP contribution in [0.3, 0.4) is 0 Å². The van der Waals surface area contributed by atoms with Crippen molar-refractivity contribution >= 4 is 40.2 Å². The number of hydrogen-bond donors (Lipinski definition) is 1. The lowest BCUT2D eigenvalue weighted by molar-refractivity contribution is -0.113. The van der Waals surface area contributed by atoms with E-state index in [1.807, 2.05) is 47.9 Å². The van der Waals surface area contributed by atoms with E-state index in [1.54, 1.807) is 30.5 Å². The van der Waals surface area contributed by atoms with E-state index in [0.717, 1.165) is 16.0 Å². The van der Waals surface area contributed by atoms with Gasteiger partial charge < -0.3 is 9.72 Å². The number of aromatic amines is 1. The topological polar surface area (TPSA) is 84.9 Å². The number of aromatic nitrogens is 3. The Bertz CT molecular complexity index is 1230. The van der Waals surface area contributed by atoms with Crippen molar-refractivity contribution in [1.82, 2.24) is 15.0 Å². The molecule has 0 aliphatic carbocycles. The van der Waals surface area contributed by atoms with Crippen LogP contribution in [0, 0.1) is 0 Å². The summed E-state index contributed by atoms with van der Waals surface area (Å²) >= 11 is 1.59. The van der Waals surface area contributed by atoms with Gasteiger partial charge in [0.15, 0.2) is 5.78 Å². The predicted octanol–water partition coefficient (Wildman–Crippen LogP) is 4.69. The van der Waals surface area contributed by atoms with Crippen LogP contribution < -0.4 is 0 Å². The molecule has 0 bridgehead atoms. The monoisotopic (exact) mass is 417 g/mol. The molecule has 3 aromatic heterocycles. The minimum atomic E-state index is -0.426. The SMILES string of the molecule is CCOC(=O)c1c[nH]c2ncnc(-c3cccc(CC(=O)/C=C/c4cccs4)c3)c12. The molecular formula is C23H19N3O3S. The van der Waals surface area contributed by atoms with E-state index in [0.29, 0.717) is 22.3 Å². The van der Waals surface area contributed by atoms with Crippen LogP contribution in [-0.4, -0.2) is 33.3 Å². The summed E-state index contributed by atoms with van der Waals surface area (Å²) in [5.41, 5.74) is 3.24. The molecule has 0 saturated heterocycles. The molecule has 0 atom stereocenters. The van der Waals surface area contributed by atoms with Gasteiger partial charge in [0.25, 0.3) is 0 Å². The lowest BCUT2D eigenvalue weighted by atomic mass is 10.0. The van der Waals surface area contributed by atoms with Gasteiger partial charge in [-0.3, -0.25) is 4.79 Å². The largest absolute Gasteiger partial charge is 0.462 e. The molecule has 1 aromatic carbocycles. The molecule has 150 valence electrons. The fourth-order valence-corrected chi connectivity index (χ4v) is 3.82. The second-order valence-corrected chi connectivity index (χ2v) is 7.54. The fourth-order valence-electron chi connectivity index (χ4n) is 3.20. The number of ether oxygens (including phenoxy) is 1. The first kappa shape index (κ1) is 19.7. The van der Waals surface area contributed by atoms with Crippen LogP contribution in [0.1, 0.15) is 27.7 Å². The van der Waals surface area contributed by atoms with Gasteiger partial charge in [0, 0.05) is 23.1 Å². The van der Waals surface area contributed by atoms with Crippen molar-refractivity contribution < 1.29 is 14.3 Å². The fraction of sp³-hybridized carbons (Fsp3) is 0.130. The smallest absolute Gasteiger partial charge is 0.340 e. The lowest BCUT2D eigenvalue weighted by Crippen LogP contribution is -2.04. The van der Waals surface area contributed by atoms with Crippen molar-refractivity contribution in [3.63, 3.8) is 0 Å². The summed E-state index contributed by atoms with van der Waals surface area (Å²) < 4.78 is 5.15. The maximum atomic E-state index is 12.4. The number of carbonyl (C=O) groups is 2. The number of rotatable bonds is 7. The van der Waals surface area contributed by atoms with Gasteiger partial charge in [-0.1, -0.05) is 24.3 Å². The van der Waals surface area contributed by atoms with Crippen LogP contribution in [0.2, 0.25) is 0 Å². The standard InChI is InChI=1S/C23H19N3O3S/c1-2-29-23(28)19-13-24-22-20(19)21(25-14-26-22)16-6-3-5-15(11-16)12-17(27)8-9-18-7-4-10-30-18/h3-11,13-14H,2,12H2,1H3,(H,24,25,26)/b9-8+. The van der Waals surface area contributed by atoms with E-state index in [2.05, 4.69) is 15.0 Å². The second kappa shape index (κ2) is 8.84. The molecule has 0 spiro atoms. The molecule has 1 N–H and O–H groups in total. The quantitative estimate of drug-likeness (QED) is 0.348. The molecule has 30 heavy (non-hydrogen) atoms. The predicted molar refractivity (Wildman–Crippen MR) is 117 cm³/mol. The Morgan fingerprint density at radius 2 is 2.10 bits per heavy atom. The Kier molecular flexibility index (Phi) is 5.81. The van der Waals surface area contributed by atoms with Crippen molar-refractivity contribution in [3.05, 3.63) is 76.4 Å². The van der Waals surface area contributed by atoms with E-state index in [-0.39, 0.29) is 18.8 Å². The number of H-pyrrole nitrogens is 1. The highest BCUT2D eigenvalue weighted by Gasteiger charge is 2.19. The highest BCUT2D eigenvalue weighted by atomic mass is 32.1. The van der Waals surface area contributed by atoms with Gasteiger partial charge in [0.2, 0.25) is 0 Å². The van der Waals surface area contributed by atoms with Crippen molar-refractivity contribution in [2.24, 2.45) is 0 Å². The van der Waals surface area contributed by atoms with Gasteiger partial charge in [-0.2, -0.15) is 0 Å². The zero-order valence-corrected chi connectivity index (χ0v) is 17.1. The summed E-state index contributed by atoms with van der Waals surface area (Å²) in [5, 5.41) is 2.58. The molecule has 0 radical (unpaired) electrons. The maximum absolute atomic E-state index is 12.4. The molecule has 7 heteroatoms. The molecule has 0 aliphatic heterocycles. The molecular weight excluding hydrogens is 398 g/mol. The molecule has 0 aliphatic rings. The highest BCUT2D eigenvalue weighted by molar-refractivity contribution is 7.10. The molecule has 0 fully saturated rings. The van der Waals surface area contributed by atoms with E-state index in [1.165, 1.54) is 6.33 Å². The third-order valence-electron chi connectivity index (χ3n) is 4.52. The number of esters is 1. The van der Waals surface area contributed by atoms with Gasteiger partial charge in [-0.15, -0.1) is 11.3 Å². The minimum Gasteiger partial charge on any atom is -0.462 e. The normalized spacial score (nSPS) is 11.2. The number of allylic oxidation sites excluding steroid dienone is 1. The number of hydrogen-bond acceptors (Lipinski definition) is 6. The Morgan fingerprint density at radius 3 is 2.90 bits per heavy atom. The number of nitrogens with one attached hydrogen (secondary N) is 1. The summed E-state index contributed by atoms with van der Waals surface area (Å²) in [6, 6.07) is 11.5. The van der Waals surface area contributed by atoms with Crippen LogP contribution in [0.25, 0.3) is 28.4 Å². The van der Waals surface area contributed by atoms with Crippen LogP contribution in [0.5, 0.6) is 0 Å². The lowest BCUT2D eigenvalue weighted by Gasteiger charge is -2.07. The average molecular weight is 417 g/mol. The number of ketones is 1. The van der Waals surface area contributed by atoms with E-state index in [4.69, 9.17) is 4.74 Å². The third kappa shape index (κ3) is 4.21. The molecule has 6 nitrogen and oxygen atoms in total. The number of nitrogens with zero attached hydrogens (tertiary/aromatic N) is 2. The Morgan fingerprint density at radius 1 is 1.20 bits per heavy atom. The van der Waals surface area contributed by atoms with Crippen LogP contribution >= 0.6 is 11.3 Å². The first-order chi connectivity index (χ1) is 14.7. The van der Waals surface area contributed by atoms with Gasteiger partial charge >= 0.3 is 5.97 Å². The molecule has 0 unspecified atom stereocenters.